The number of aromatic nitrogens is 2. The van der Waals surface area contributed by atoms with Gasteiger partial charge in [0.05, 0.1) is 23.5 Å². The number of benzene rings is 2. The molecule has 2 aromatic carbocycles. The topological polar surface area (TPSA) is 50.2 Å². The molecule has 38 heavy (non-hydrogen) atoms. The number of halogens is 4. The van der Waals surface area contributed by atoms with Crippen molar-refractivity contribution in [2.24, 2.45) is 5.41 Å². The summed E-state index contributed by atoms with van der Waals surface area (Å²) < 4.78 is 59.8. The fourth-order valence-electron chi connectivity index (χ4n) is 4.98. The second kappa shape index (κ2) is 11.5. The van der Waals surface area contributed by atoms with E-state index in [1.165, 1.54) is 23.9 Å². The van der Waals surface area contributed by atoms with Crippen molar-refractivity contribution in [3.05, 3.63) is 77.5 Å². The van der Waals surface area contributed by atoms with Crippen molar-refractivity contribution in [3.8, 4) is 11.3 Å². The lowest BCUT2D eigenvalue weighted by Gasteiger charge is -2.43. The molecule has 1 fully saturated rings. The molecule has 1 aliphatic heterocycles. The first kappa shape index (κ1) is 28.2. The zero-order chi connectivity index (χ0) is 27.6. The number of carbonyl (C=O) groups excluding carboxylic acids is 1. The van der Waals surface area contributed by atoms with E-state index in [0.29, 0.717) is 11.4 Å². The number of imidazole rings is 1. The Morgan fingerprint density at radius 2 is 1.89 bits per heavy atom. The fourth-order valence-corrected chi connectivity index (χ4v) is 5.38. The van der Waals surface area contributed by atoms with E-state index in [1.54, 1.807) is 34.1 Å². The van der Waals surface area contributed by atoms with Crippen LogP contribution in [-0.4, -0.2) is 57.7 Å². The zero-order valence-electron chi connectivity index (χ0n) is 21.8. The summed E-state index contributed by atoms with van der Waals surface area (Å²) in [5, 5.41) is 3.03. The van der Waals surface area contributed by atoms with Gasteiger partial charge < -0.3 is 14.8 Å². The third-order valence-corrected chi connectivity index (χ3v) is 7.16. The monoisotopic (exact) mass is 548 g/mol. The number of carbonyl (C=O) groups is 1. The Bertz CT molecular complexity index is 1290. The van der Waals surface area contributed by atoms with Crippen LogP contribution in [-0.2, 0) is 11.3 Å². The van der Waals surface area contributed by atoms with Gasteiger partial charge in [-0.1, -0.05) is 32.9 Å². The second-order valence-electron chi connectivity index (χ2n) is 10.6. The molecule has 1 amide bonds. The molecule has 0 bridgehead atoms. The third kappa shape index (κ3) is 6.07. The Kier molecular flexibility index (Phi) is 8.52. The van der Waals surface area contributed by atoms with Gasteiger partial charge in [-0.05, 0) is 47.6 Å². The van der Waals surface area contributed by atoms with Gasteiger partial charge in [-0.15, -0.1) is 0 Å². The fraction of sp³-hybridized carbons (Fsp3) is 0.429. The molecule has 0 spiro atoms. The van der Waals surface area contributed by atoms with E-state index in [2.05, 4.69) is 5.32 Å². The van der Waals surface area contributed by atoms with E-state index in [1.807, 2.05) is 20.8 Å². The maximum absolute atomic E-state index is 15.1. The molecule has 204 valence electrons. The van der Waals surface area contributed by atoms with Gasteiger partial charge >= 0.3 is 0 Å². The van der Waals surface area contributed by atoms with E-state index in [0.717, 1.165) is 18.2 Å². The van der Waals surface area contributed by atoms with Crippen molar-refractivity contribution in [1.29, 1.82) is 0 Å². The van der Waals surface area contributed by atoms with Gasteiger partial charge in [-0.2, -0.15) is 11.8 Å². The van der Waals surface area contributed by atoms with Crippen molar-refractivity contribution in [2.45, 2.75) is 45.6 Å². The number of hydrogen-bond acceptors (Lipinski definition) is 4. The van der Waals surface area contributed by atoms with Crippen LogP contribution in [0.1, 0.15) is 38.2 Å². The number of nitrogens with zero attached hydrogens (tertiary/aromatic N) is 3. The van der Waals surface area contributed by atoms with E-state index >= 15 is 4.39 Å². The van der Waals surface area contributed by atoms with E-state index < -0.39 is 41.1 Å². The van der Waals surface area contributed by atoms with Gasteiger partial charge in [0.25, 0.3) is 0 Å². The van der Waals surface area contributed by atoms with Gasteiger partial charge in [0.1, 0.15) is 29.4 Å². The molecule has 1 saturated heterocycles. The summed E-state index contributed by atoms with van der Waals surface area (Å²) >= 11 is 1.34. The molecule has 3 atom stereocenters. The number of alkyl halides is 1. The average molecular weight is 549 g/mol. The summed E-state index contributed by atoms with van der Waals surface area (Å²) in [6, 6.07) is 7.72. The smallest absolute Gasteiger partial charge is 0.233 e. The summed E-state index contributed by atoms with van der Waals surface area (Å²) in [7, 11) is 0. The standard InChI is InChI=1S/C28H32F4N4OS/c1-28(2,3)26(36(25(37)16-38-4)24-13-33-12-22(24)32)27-34-23(20-11-19(30)8-9-21(20)31)15-35(27)14-17-6-5-7-18(29)10-17/h5-11,15,22,24,26,33H,12-14,16H2,1-4H3/t22-,24+,26-/m0/s1. The molecule has 3 aromatic rings. The molecule has 0 radical (unpaired) electrons. The highest BCUT2D eigenvalue weighted by molar-refractivity contribution is 7.99. The van der Waals surface area contributed by atoms with Crippen LogP contribution >= 0.6 is 11.8 Å². The van der Waals surface area contributed by atoms with Crippen molar-refractivity contribution < 1.29 is 22.4 Å². The summed E-state index contributed by atoms with van der Waals surface area (Å²) in [6.45, 7) is 6.35. The van der Waals surface area contributed by atoms with Crippen molar-refractivity contribution in [2.75, 3.05) is 25.1 Å². The van der Waals surface area contributed by atoms with E-state index in [4.69, 9.17) is 4.98 Å². The molecule has 1 aromatic heterocycles. The van der Waals surface area contributed by atoms with Gasteiger partial charge in [0.2, 0.25) is 5.91 Å². The summed E-state index contributed by atoms with van der Waals surface area (Å²) in [5.41, 5.74) is 0.126. The van der Waals surface area contributed by atoms with E-state index in [9.17, 15) is 18.0 Å². The molecule has 4 rings (SSSR count). The Labute approximate surface area is 224 Å². The summed E-state index contributed by atoms with van der Waals surface area (Å²) in [6.07, 6.45) is 2.10. The number of thioether (sulfide) groups is 1. The number of rotatable bonds is 8. The van der Waals surface area contributed by atoms with Gasteiger partial charge in [-0.25, -0.2) is 22.5 Å². The lowest BCUT2D eigenvalue weighted by atomic mass is 9.83. The molecule has 10 heteroatoms. The molecule has 2 heterocycles. The molecule has 0 unspecified atom stereocenters. The summed E-state index contributed by atoms with van der Waals surface area (Å²) in [5.74, 6) is -1.40. The van der Waals surface area contributed by atoms with Crippen LogP contribution in [0.3, 0.4) is 0 Å². The van der Waals surface area contributed by atoms with Crippen molar-refractivity contribution >= 4 is 17.7 Å². The Morgan fingerprint density at radius 1 is 1.16 bits per heavy atom. The highest BCUT2D eigenvalue weighted by atomic mass is 32.2. The summed E-state index contributed by atoms with van der Waals surface area (Å²) in [4.78, 5) is 19.9. The molecule has 1 aliphatic rings. The predicted octanol–water partition coefficient (Wildman–Crippen LogP) is 5.60. The van der Waals surface area contributed by atoms with Crippen LogP contribution in [0, 0.1) is 22.9 Å². The first-order valence-electron chi connectivity index (χ1n) is 12.4. The highest BCUT2D eigenvalue weighted by Crippen LogP contribution is 2.41. The minimum absolute atomic E-state index is 0.0372. The van der Waals surface area contributed by atoms with Gasteiger partial charge in [-0.3, -0.25) is 4.79 Å². The van der Waals surface area contributed by atoms with Crippen LogP contribution in [0.4, 0.5) is 17.6 Å². The van der Waals surface area contributed by atoms with Crippen LogP contribution in [0.15, 0.2) is 48.7 Å². The molecule has 0 aliphatic carbocycles. The zero-order valence-corrected chi connectivity index (χ0v) is 22.7. The van der Waals surface area contributed by atoms with Crippen molar-refractivity contribution in [1.82, 2.24) is 19.8 Å². The number of hydrogen-bond donors (Lipinski definition) is 1. The van der Waals surface area contributed by atoms with E-state index in [-0.39, 0.29) is 42.6 Å². The molecular weight excluding hydrogens is 516 g/mol. The Balaban J connectivity index is 1.92. The third-order valence-electron chi connectivity index (χ3n) is 6.62. The first-order valence-corrected chi connectivity index (χ1v) is 13.8. The number of amides is 1. The average Bonchev–Trinajstić information content (AvgIpc) is 3.44. The van der Waals surface area contributed by atoms with Crippen LogP contribution in [0.2, 0.25) is 0 Å². The van der Waals surface area contributed by atoms with Crippen LogP contribution in [0.25, 0.3) is 11.3 Å². The maximum Gasteiger partial charge on any atom is 0.233 e. The van der Waals surface area contributed by atoms with Gasteiger partial charge in [0, 0.05) is 31.4 Å². The maximum atomic E-state index is 15.1. The minimum atomic E-state index is -1.28. The Morgan fingerprint density at radius 3 is 2.53 bits per heavy atom. The molecule has 0 saturated carbocycles. The van der Waals surface area contributed by atoms with Crippen molar-refractivity contribution in [3.63, 3.8) is 0 Å². The predicted molar refractivity (Wildman–Crippen MR) is 142 cm³/mol. The quantitative estimate of drug-likeness (QED) is 0.372. The molecular formula is C28H32F4N4OS. The van der Waals surface area contributed by atoms with Crippen LogP contribution < -0.4 is 5.32 Å². The normalized spacial score (nSPS) is 18.5. The first-order chi connectivity index (χ1) is 18.0. The van der Waals surface area contributed by atoms with Crippen LogP contribution in [0.5, 0.6) is 0 Å². The lowest BCUT2D eigenvalue weighted by molar-refractivity contribution is -0.138. The highest BCUT2D eigenvalue weighted by Gasteiger charge is 2.45. The van der Waals surface area contributed by atoms with Gasteiger partial charge in [0.15, 0.2) is 0 Å². The largest absolute Gasteiger partial charge is 0.328 e. The number of nitrogens with one attached hydrogen (secondary N) is 1. The molecule has 5 nitrogen and oxygen atoms in total. The SMILES string of the molecule is CSCC(=O)N([C@@H]1CNC[C@@H]1F)[C@@H](c1nc(-c2cc(F)ccc2F)cn1Cc1cccc(F)c1)C(C)(C)C. The molecule has 1 N–H and O–H groups in total. The second-order valence-corrected chi connectivity index (χ2v) is 11.5. The minimum Gasteiger partial charge on any atom is -0.328 e. The lowest BCUT2D eigenvalue weighted by Crippen LogP contribution is -2.52. The Hall–Kier alpha value is -2.85.